The molecule has 34 heavy (non-hydrogen) atoms. The van der Waals surface area contributed by atoms with E-state index in [1.165, 1.54) is 5.56 Å². The highest BCUT2D eigenvalue weighted by Gasteiger charge is 2.42. The minimum Gasteiger partial charge on any atom is -0.465 e. The highest BCUT2D eigenvalue weighted by Crippen LogP contribution is 2.36. The summed E-state index contributed by atoms with van der Waals surface area (Å²) < 4.78 is 5.95. The lowest BCUT2D eigenvalue weighted by molar-refractivity contribution is 0.0471. The molecule has 0 radical (unpaired) electrons. The van der Waals surface area contributed by atoms with Crippen molar-refractivity contribution in [3.05, 3.63) is 89.6 Å². The predicted octanol–water partition coefficient (Wildman–Crippen LogP) is 5.37. The maximum Gasteiger partial charge on any atom is 0.272 e. The van der Waals surface area contributed by atoms with Gasteiger partial charge < -0.3 is 9.32 Å². The largest absolute Gasteiger partial charge is 0.465 e. The fraction of sp³-hybridized carbons (Fsp3) is 0.448. The Hall–Kier alpha value is -2.92. The van der Waals surface area contributed by atoms with E-state index < -0.39 is 0 Å². The summed E-state index contributed by atoms with van der Waals surface area (Å²) in [7, 11) is 0. The van der Waals surface area contributed by atoms with E-state index in [0.717, 1.165) is 69.7 Å². The average molecular weight is 458 g/mol. The van der Waals surface area contributed by atoms with Gasteiger partial charge in [0.2, 0.25) is 0 Å². The second-order valence-corrected chi connectivity index (χ2v) is 9.75. The smallest absolute Gasteiger partial charge is 0.272 e. The van der Waals surface area contributed by atoms with Crippen LogP contribution in [0.5, 0.6) is 0 Å². The Kier molecular flexibility index (Phi) is 7.10. The second kappa shape index (κ2) is 10.6. The van der Waals surface area contributed by atoms with E-state index in [1.807, 2.05) is 18.2 Å². The zero-order valence-corrected chi connectivity index (χ0v) is 20.1. The van der Waals surface area contributed by atoms with E-state index >= 15 is 0 Å². The lowest BCUT2D eigenvalue weighted by Gasteiger charge is -2.41. The molecule has 5 rings (SSSR count). The topological polar surface area (TPSA) is 49.6 Å². The minimum atomic E-state index is 0.0918. The summed E-state index contributed by atoms with van der Waals surface area (Å²) in [4.78, 5) is 22.8. The van der Waals surface area contributed by atoms with Crippen molar-refractivity contribution < 1.29 is 9.21 Å². The molecule has 2 aromatic heterocycles. The van der Waals surface area contributed by atoms with E-state index in [1.54, 1.807) is 6.20 Å². The van der Waals surface area contributed by atoms with Gasteiger partial charge in [0.25, 0.3) is 5.91 Å². The molecule has 0 N–H and O–H groups in total. The Morgan fingerprint density at radius 2 is 1.74 bits per heavy atom. The fourth-order valence-electron chi connectivity index (χ4n) is 5.32. The van der Waals surface area contributed by atoms with Crippen LogP contribution in [-0.4, -0.2) is 45.9 Å². The van der Waals surface area contributed by atoms with Gasteiger partial charge in [-0.3, -0.25) is 14.7 Å². The third-order valence-corrected chi connectivity index (χ3v) is 7.33. The summed E-state index contributed by atoms with van der Waals surface area (Å²) >= 11 is 0. The van der Waals surface area contributed by atoms with Crippen molar-refractivity contribution in [2.45, 2.75) is 64.1 Å². The fourth-order valence-corrected chi connectivity index (χ4v) is 5.32. The number of likely N-dealkylation sites (tertiary alicyclic amines) is 1. The van der Waals surface area contributed by atoms with Gasteiger partial charge in [-0.05, 0) is 80.9 Å². The zero-order valence-electron chi connectivity index (χ0n) is 20.1. The van der Waals surface area contributed by atoms with Crippen LogP contribution in [0, 0.1) is 5.92 Å². The molecular weight excluding hydrogens is 422 g/mol. The number of benzene rings is 1. The molecule has 1 atom stereocenters. The first-order valence-electron chi connectivity index (χ1n) is 12.8. The Balaban J connectivity index is 1.33. The molecule has 178 valence electrons. The third kappa shape index (κ3) is 5.41. The molecule has 2 fully saturated rings. The zero-order chi connectivity index (χ0) is 23.3. The number of piperidine rings is 1. The average Bonchev–Trinajstić information content (AvgIpc) is 3.62. The monoisotopic (exact) mass is 457 g/mol. The standard InChI is InChI=1S/C29H35N3O2/c1-2-25-13-14-26(34-25)21-31-18-15-23(16-19-31)28(20-22-8-4-3-5-9-22)32(24-11-12-24)29(33)27-10-6-7-17-30-27/h3-10,13-14,17,23-24,28H,2,11-12,15-16,18-21H2,1H3/t28-/m0/s1. The summed E-state index contributed by atoms with van der Waals surface area (Å²) in [6.45, 7) is 5.07. The van der Waals surface area contributed by atoms with Crippen LogP contribution in [0.2, 0.25) is 0 Å². The van der Waals surface area contributed by atoms with E-state index in [-0.39, 0.29) is 11.9 Å². The molecule has 5 heteroatoms. The number of furan rings is 1. The van der Waals surface area contributed by atoms with E-state index in [0.29, 0.717) is 17.7 Å². The molecule has 1 saturated carbocycles. The first kappa shape index (κ1) is 22.9. The molecule has 1 aliphatic carbocycles. The van der Waals surface area contributed by atoms with Crippen LogP contribution in [0.4, 0.5) is 0 Å². The quantitative estimate of drug-likeness (QED) is 0.434. The lowest BCUT2D eigenvalue weighted by atomic mass is 9.84. The Labute approximate surface area is 202 Å². The van der Waals surface area contributed by atoms with Crippen molar-refractivity contribution in [1.82, 2.24) is 14.8 Å². The number of aryl methyl sites for hydroxylation is 1. The van der Waals surface area contributed by atoms with Gasteiger partial charge in [0.05, 0.1) is 6.54 Å². The Morgan fingerprint density at radius 1 is 1.00 bits per heavy atom. The maximum atomic E-state index is 13.7. The first-order valence-corrected chi connectivity index (χ1v) is 12.8. The summed E-state index contributed by atoms with van der Waals surface area (Å²) in [5.74, 6) is 2.68. The molecular formula is C29H35N3O2. The molecule has 0 unspecified atom stereocenters. The van der Waals surface area contributed by atoms with Crippen molar-refractivity contribution in [3.8, 4) is 0 Å². The van der Waals surface area contributed by atoms with Crippen LogP contribution >= 0.6 is 0 Å². The number of carbonyl (C=O) groups is 1. The molecule has 1 aromatic carbocycles. The van der Waals surface area contributed by atoms with Gasteiger partial charge >= 0.3 is 0 Å². The van der Waals surface area contributed by atoms with Gasteiger partial charge in [-0.15, -0.1) is 0 Å². The van der Waals surface area contributed by atoms with Crippen LogP contribution < -0.4 is 0 Å². The highest BCUT2D eigenvalue weighted by atomic mass is 16.3. The van der Waals surface area contributed by atoms with Gasteiger partial charge in [-0.2, -0.15) is 0 Å². The molecule has 2 aliphatic rings. The van der Waals surface area contributed by atoms with Gasteiger partial charge in [-0.25, -0.2) is 0 Å². The van der Waals surface area contributed by atoms with Gasteiger partial charge in [0.1, 0.15) is 17.2 Å². The number of amides is 1. The molecule has 1 saturated heterocycles. The van der Waals surface area contributed by atoms with Crippen molar-refractivity contribution in [2.75, 3.05) is 13.1 Å². The molecule has 5 nitrogen and oxygen atoms in total. The van der Waals surface area contributed by atoms with Crippen molar-refractivity contribution in [2.24, 2.45) is 5.92 Å². The summed E-state index contributed by atoms with van der Waals surface area (Å²) in [5.41, 5.74) is 1.87. The minimum absolute atomic E-state index is 0.0918. The van der Waals surface area contributed by atoms with Crippen molar-refractivity contribution in [3.63, 3.8) is 0 Å². The number of aromatic nitrogens is 1. The Morgan fingerprint density at radius 3 is 2.38 bits per heavy atom. The highest BCUT2D eigenvalue weighted by molar-refractivity contribution is 5.93. The van der Waals surface area contributed by atoms with Crippen LogP contribution in [0.25, 0.3) is 0 Å². The number of hydrogen-bond acceptors (Lipinski definition) is 4. The summed E-state index contributed by atoms with van der Waals surface area (Å²) in [6.07, 6.45) is 7.95. The number of pyridine rings is 1. The van der Waals surface area contributed by atoms with E-state index in [2.05, 4.69) is 64.2 Å². The Bertz CT molecular complexity index is 1050. The van der Waals surface area contributed by atoms with Crippen LogP contribution in [0.1, 0.15) is 60.2 Å². The van der Waals surface area contributed by atoms with Crippen molar-refractivity contribution >= 4 is 5.91 Å². The van der Waals surface area contributed by atoms with Gasteiger partial charge in [0.15, 0.2) is 0 Å². The predicted molar refractivity (Wildman–Crippen MR) is 133 cm³/mol. The van der Waals surface area contributed by atoms with Crippen LogP contribution in [0.15, 0.2) is 71.3 Å². The normalized spacial score (nSPS) is 18.0. The molecule has 3 heterocycles. The summed E-state index contributed by atoms with van der Waals surface area (Å²) in [6, 6.07) is 21.0. The summed E-state index contributed by atoms with van der Waals surface area (Å²) in [5, 5.41) is 0. The first-order chi connectivity index (χ1) is 16.7. The second-order valence-electron chi connectivity index (χ2n) is 9.75. The number of hydrogen-bond donors (Lipinski definition) is 0. The number of carbonyl (C=O) groups excluding carboxylic acids is 1. The third-order valence-electron chi connectivity index (χ3n) is 7.33. The number of nitrogens with zero attached hydrogens (tertiary/aromatic N) is 3. The van der Waals surface area contributed by atoms with Gasteiger partial charge in [0, 0.05) is 24.7 Å². The van der Waals surface area contributed by atoms with Crippen LogP contribution in [-0.2, 0) is 19.4 Å². The molecule has 1 aliphatic heterocycles. The van der Waals surface area contributed by atoms with Crippen LogP contribution in [0.3, 0.4) is 0 Å². The van der Waals surface area contributed by atoms with Crippen molar-refractivity contribution in [1.29, 1.82) is 0 Å². The molecule has 0 bridgehead atoms. The SMILES string of the molecule is CCc1ccc(CN2CCC([C@H](Cc3ccccc3)N(C(=O)c3ccccn3)C3CC3)CC2)o1. The lowest BCUT2D eigenvalue weighted by Crippen LogP contribution is -2.50. The molecule has 1 amide bonds. The maximum absolute atomic E-state index is 13.7. The number of rotatable bonds is 9. The van der Waals surface area contributed by atoms with Gasteiger partial charge in [-0.1, -0.05) is 43.3 Å². The van der Waals surface area contributed by atoms with E-state index in [9.17, 15) is 4.79 Å². The molecule has 0 spiro atoms. The molecule has 3 aromatic rings. The van der Waals surface area contributed by atoms with E-state index in [4.69, 9.17) is 4.42 Å².